The van der Waals surface area contributed by atoms with Crippen LogP contribution in [0.4, 0.5) is 0 Å². The Kier molecular flexibility index (Phi) is 4.76. The van der Waals surface area contributed by atoms with Crippen molar-refractivity contribution in [3.05, 3.63) is 69.7 Å². The van der Waals surface area contributed by atoms with Crippen molar-refractivity contribution in [2.45, 2.75) is 76.5 Å². The molecule has 5 rings (SSSR count). The number of benzene rings is 2. The first kappa shape index (κ1) is 19.5. The van der Waals surface area contributed by atoms with E-state index >= 15 is 0 Å². The lowest BCUT2D eigenvalue weighted by atomic mass is 9.79. The van der Waals surface area contributed by atoms with E-state index in [1.165, 1.54) is 16.7 Å². The molecule has 0 N–H and O–H groups in total. The van der Waals surface area contributed by atoms with Gasteiger partial charge in [0.15, 0.2) is 12.1 Å². The molecular weight excluding hydrogens is 388 g/mol. The van der Waals surface area contributed by atoms with Gasteiger partial charge in [0.1, 0.15) is 12.2 Å². The molecule has 0 bridgehead atoms. The van der Waals surface area contributed by atoms with Crippen molar-refractivity contribution in [1.29, 1.82) is 0 Å². The van der Waals surface area contributed by atoms with Gasteiger partial charge in [0, 0.05) is 10.9 Å². The van der Waals surface area contributed by atoms with Gasteiger partial charge in [-0.25, -0.2) is 0 Å². The Bertz CT molecular complexity index is 927. The van der Waals surface area contributed by atoms with E-state index in [-0.39, 0.29) is 30.3 Å². The normalized spacial score (nSPS) is 35.3. The second-order valence-corrected chi connectivity index (χ2v) is 9.28. The summed E-state index contributed by atoms with van der Waals surface area (Å²) in [5.41, 5.74) is 5.00. The maximum atomic E-state index is 6.59. The van der Waals surface area contributed by atoms with Gasteiger partial charge in [0.05, 0.1) is 12.2 Å². The molecule has 3 heterocycles. The predicted molar refractivity (Wildman–Crippen MR) is 111 cm³/mol. The van der Waals surface area contributed by atoms with Crippen LogP contribution in [0.15, 0.2) is 42.5 Å². The third-order valence-electron chi connectivity index (χ3n) is 6.48. The highest BCUT2D eigenvalue weighted by Gasteiger charge is 2.59. The molecule has 0 aromatic heterocycles. The summed E-state index contributed by atoms with van der Waals surface area (Å²) < 4.78 is 25.2. The number of fused-ring (bicyclic) bond motifs is 3. The fraction of sp³-hybridized carbons (Fsp3) is 0.500. The zero-order chi connectivity index (χ0) is 20.3. The number of hydrogen-bond donors (Lipinski definition) is 0. The largest absolute Gasteiger partial charge is 0.365 e. The van der Waals surface area contributed by atoms with E-state index in [2.05, 4.69) is 38.1 Å². The molecule has 3 aliphatic rings. The second kappa shape index (κ2) is 7.07. The SMILES string of the molecule is Cc1cccc([C@@H]2C[C@H](c3cccc(Cl)c3)O[C@@H]3[C@H]4OC(C)(C)O[C@H]4O[C@@H]32)c1C. The summed E-state index contributed by atoms with van der Waals surface area (Å²) in [7, 11) is 0. The van der Waals surface area contributed by atoms with E-state index in [9.17, 15) is 0 Å². The molecule has 0 radical (unpaired) electrons. The molecule has 6 atom stereocenters. The first-order valence-electron chi connectivity index (χ1n) is 10.3. The number of ether oxygens (including phenoxy) is 4. The van der Waals surface area contributed by atoms with E-state index < -0.39 is 12.1 Å². The Morgan fingerprint density at radius 1 is 0.931 bits per heavy atom. The molecule has 0 saturated carbocycles. The lowest BCUT2D eigenvalue weighted by Crippen LogP contribution is -2.44. The molecule has 3 fully saturated rings. The second-order valence-electron chi connectivity index (χ2n) is 8.84. The maximum Gasteiger partial charge on any atom is 0.190 e. The number of hydrogen-bond acceptors (Lipinski definition) is 4. The Labute approximate surface area is 177 Å². The fourth-order valence-electron chi connectivity index (χ4n) is 4.99. The van der Waals surface area contributed by atoms with Crippen LogP contribution in [0, 0.1) is 13.8 Å². The van der Waals surface area contributed by atoms with Crippen molar-refractivity contribution >= 4 is 11.6 Å². The van der Waals surface area contributed by atoms with Crippen LogP contribution >= 0.6 is 11.6 Å². The van der Waals surface area contributed by atoms with Crippen LogP contribution in [0.2, 0.25) is 5.02 Å². The first-order chi connectivity index (χ1) is 13.8. The maximum absolute atomic E-state index is 6.59. The van der Waals surface area contributed by atoms with Gasteiger partial charge >= 0.3 is 0 Å². The Morgan fingerprint density at radius 3 is 2.52 bits per heavy atom. The number of aryl methyl sites for hydroxylation is 1. The Morgan fingerprint density at radius 2 is 1.72 bits per heavy atom. The summed E-state index contributed by atoms with van der Waals surface area (Å²) in [5, 5.41) is 0.721. The standard InChI is InChI=1S/C24H27ClO4/c1-13-7-5-10-17(14(13)2)18-12-19(15-8-6-9-16(25)11-15)26-21-20(18)27-23-22(21)28-24(3,4)29-23/h5-11,18-23H,12H2,1-4H3/t18-,19+,20+,21-,22+,23+/m0/s1. The van der Waals surface area contributed by atoms with Crippen molar-refractivity contribution in [1.82, 2.24) is 0 Å². The molecular formula is C24H27ClO4. The Hall–Kier alpha value is -1.43. The Balaban J connectivity index is 1.54. The number of halogens is 1. The van der Waals surface area contributed by atoms with Gasteiger partial charge < -0.3 is 18.9 Å². The predicted octanol–water partition coefficient (Wildman–Crippen LogP) is 5.45. The van der Waals surface area contributed by atoms with Crippen molar-refractivity contribution in [2.75, 3.05) is 0 Å². The minimum absolute atomic E-state index is 0.0745. The highest BCUT2D eigenvalue weighted by atomic mass is 35.5. The third kappa shape index (κ3) is 3.41. The van der Waals surface area contributed by atoms with Gasteiger partial charge in [-0.3, -0.25) is 0 Å². The third-order valence-corrected chi connectivity index (χ3v) is 6.71. The van der Waals surface area contributed by atoms with Gasteiger partial charge in [0.25, 0.3) is 0 Å². The summed E-state index contributed by atoms with van der Waals surface area (Å²) in [6, 6.07) is 14.4. The molecule has 4 nitrogen and oxygen atoms in total. The highest BCUT2D eigenvalue weighted by molar-refractivity contribution is 6.30. The molecule has 2 aromatic carbocycles. The molecule has 3 aliphatic heterocycles. The number of rotatable bonds is 2. The van der Waals surface area contributed by atoms with E-state index in [1.54, 1.807) is 0 Å². The average molecular weight is 415 g/mol. The van der Waals surface area contributed by atoms with Gasteiger partial charge in [-0.15, -0.1) is 0 Å². The molecule has 154 valence electrons. The zero-order valence-corrected chi connectivity index (χ0v) is 18.0. The lowest BCUT2D eigenvalue weighted by Gasteiger charge is -2.40. The zero-order valence-electron chi connectivity index (χ0n) is 17.2. The molecule has 0 spiro atoms. The van der Waals surface area contributed by atoms with Gasteiger partial charge in [0.2, 0.25) is 0 Å². The molecule has 0 aliphatic carbocycles. The topological polar surface area (TPSA) is 36.9 Å². The summed E-state index contributed by atoms with van der Waals surface area (Å²) in [4.78, 5) is 0. The van der Waals surface area contributed by atoms with Crippen LogP contribution in [0.3, 0.4) is 0 Å². The van der Waals surface area contributed by atoms with E-state index in [0.29, 0.717) is 0 Å². The van der Waals surface area contributed by atoms with Crippen LogP contribution in [-0.2, 0) is 18.9 Å². The molecule has 2 aromatic rings. The first-order valence-corrected chi connectivity index (χ1v) is 10.7. The van der Waals surface area contributed by atoms with Crippen LogP contribution in [0.25, 0.3) is 0 Å². The summed E-state index contributed by atoms with van der Waals surface area (Å²) in [6.45, 7) is 8.19. The van der Waals surface area contributed by atoms with Crippen molar-refractivity contribution in [2.24, 2.45) is 0 Å². The van der Waals surface area contributed by atoms with Gasteiger partial charge in [-0.2, -0.15) is 0 Å². The minimum Gasteiger partial charge on any atom is -0.365 e. The smallest absolute Gasteiger partial charge is 0.190 e. The minimum atomic E-state index is -0.665. The van der Waals surface area contributed by atoms with Crippen molar-refractivity contribution in [3.8, 4) is 0 Å². The van der Waals surface area contributed by atoms with Gasteiger partial charge in [-0.1, -0.05) is 41.9 Å². The summed E-state index contributed by atoms with van der Waals surface area (Å²) in [6.07, 6.45) is -0.166. The fourth-order valence-corrected chi connectivity index (χ4v) is 5.19. The summed E-state index contributed by atoms with van der Waals surface area (Å²) in [5.74, 6) is -0.472. The molecule has 3 saturated heterocycles. The van der Waals surface area contributed by atoms with Gasteiger partial charge in [-0.05, 0) is 68.5 Å². The van der Waals surface area contributed by atoms with Crippen LogP contribution in [0.1, 0.15) is 54.5 Å². The highest BCUT2D eigenvalue weighted by Crippen LogP contribution is 2.51. The quantitative estimate of drug-likeness (QED) is 0.655. The molecule has 29 heavy (non-hydrogen) atoms. The van der Waals surface area contributed by atoms with Crippen LogP contribution in [0.5, 0.6) is 0 Å². The van der Waals surface area contributed by atoms with Crippen LogP contribution < -0.4 is 0 Å². The van der Waals surface area contributed by atoms with Crippen molar-refractivity contribution < 1.29 is 18.9 Å². The molecule has 0 amide bonds. The monoisotopic (exact) mass is 414 g/mol. The summed E-state index contributed by atoms with van der Waals surface area (Å²) >= 11 is 6.28. The van der Waals surface area contributed by atoms with E-state index in [4.69, 9.17) is 30.5 Å². The van der Waals surface area contributed by atoms with E-state index in [1.807, 2.05) is 32.0 Å². The van der Waals surface area contributed by atoms with Crippen molar-refractivity contribution in [3.63, 3.8) is 0 Å². The van der Waals surface area contributed by atoms with Crippen LogP contribution in [-0.4, -0.2) is 30.4 Å². The lowest BCUT2D eigenvalue weighted by molar-refractivity contribution is -0.235. The average Bonchev–Trinajstić information content (AvgIpc) is 3.15. The molecule has 5 heteroatoms. The molecule has 0 unspecified atom stereocenters. The van der Waals surface area contributed by atoms with E-state index in [0.717, 1.165) is 17.0 Å².